The molecular weight excluding hydrogens is 1180 g/mol. The maximum atomic E-state index is 13.5. The summed E-state index contributed by atoms with van der Waals surface area (Å²) in [5.74, 6) is -0.234. The number of carbonyl (C=O) groups is 1. The van der Waals surface area contributed by atoms with Gasteiger partial charge in [0.2, 0.25) is 5.91 Å². The van der Waals surface area contributed by atoms with Crippen molar-refractivity contribution in [1.82, 2.24) is 5.32 Å². The fourth-order valence-corrected chi connectivity index (χ4v) is 13.5. The topological polar surface area (TPSA) is 307 Å². The van der Waals surface area contributed by atoms with Crippen LogP contribution < -0.4 is 5.32 Å². The highest BCUT2D eigenvalue weighted by atomic mass is 16.8. The predicted octanol–water partition coefficient (Wildman–Crippen LogP) is 11.5. The molecule has 0 bridgehead atoms. The number of rotatable bonds is 61. The van der Waals surface area contributed by atoms with E-state index >= 15 is 0 Å². The third-order valence-electron chi connectivity index (χ3n) is 19.7. The van der Waals surface area contributed by atoms with Crippen molar-refractivity contribution < 1.29 is 89.4 Å². The molecule has 17 unspecified atom stereocenters. The zero-order valence-corrected chi connectivity index (χ0v) is 58.1. The Morgan fingerprint density at radius 2 is 0.620 bits per heavy atom. The summed E-state index contributed by atoms with van der Waals surface area (Å²) < 4.78 is 34.5. The summed E-state index contributed by atoms with van der Waals surface area (Å²) in [5, 5.41) is 121. The van der Waals surface area contributed by atoms with Gasteiger partial charge in [-0.05, 0) is 12.8 Å². The van der Waals surface area contributed by atoms with Crippen molar-refractivity contribution in [2.75, 3.05) is 26.4 Å². The Morgan fingerprint density at radius 1 is 0.348 bits per heavy atom. The van der Waals surface area contributed by atoms with Crippen molar-refractivity contribution in [1.29, 1.82) is 0 Å². The fraction of sp³-hybridized carbons (Fsp3) is 0.986. The van der Waals surface area contributed by atoms with E-state index < -0.39 is 124 Å². The first-order valence-electron chi connectivity index (χ1n) is 38.3. The van der Waals surface area contributed by atoms with Crippen molar-refractivity contribution in [2.24, 2.45) is 0 Å². The van der Waals surface area contributed by atoms with E-state index in [1.54, 1.807) is 0 Å². The number of ether oxygens (including phenoxy) is 6. The minimum atomic E-state index is -1.97. The number of nitrogens with one attached hydrogen (secondary N) is 1. The molecule has 0 aromatic rings. The number of carbonyl (C=O) groups excluding carboxylic acids is 1. The van der Waals surface area contributed by atoms with Crippen LogP contribution in [0.4, 0.5) is 0 Å². The average Bonchev–Trinajstić information content (AvgIpc) is 0.855. The number of aliphatic hydroxyl groups is 11. The molecule has 3 aliphatic heterocycles. The third kappa shape index (κ3) is 36.6. The monoisotopic (exact) mass is 1320 g/mol. The Kier molecular flexibility index (Phi) is 51.4. The smallest absolute Gasteiger partial charge is 0.220 e. The van der Waals surface area contributed by atoms with Crippen LogP contribution in [0.1, 0.15) is 328 Å². The van der Waals surface area contributed by atoms with Gasteiger partial charge in [0.15, 0.2) is 18.9 Å². The Morgan fingerprint density at radius 3 is 0.946 bits per heavy atom. The van der Waals surface area contributed by atoms with E-state index in [-0.39, 0.29) is 18.9 Å². The second-order valence-electron chi connectivity index (χ2n) is 27.8. The molecule has 92 heavy (non-hydrogen) atoms. The molecule has 12 N–H and O–H groups in total. The Bertz CT molecular complexity index is 1670. The lowest BCUT2D eigenvalue weighted by molar-refractivity contribution is -0.379. The standard InChI is InChI=1S/C73H141NO18/c1-3-5-7-9-11-13-15-17-19-21-23-24-25-26-27-28-29-30-31-33-35-37-39-41-43-45-47-49-51-61(79)74-56(57(78)50-48-46-44-42-40-38-36-34-32-22-20-18-16-14-12-10-8-6-4-2)55-87-71-67(85)64(82)69(59(53-76)89-71)92-73-68(86)65(83)70(60(54-77)90-73)91-72-66(84)63(81)62(80)58(52-75)88-72/h56-60,62-73,75-78,80-86H,3-55H2,1-2H3,(H,74,79). The molecule has 3 saturated heterocycles. The molecule has 0 aliphatic carbocycles. The van der Waals surface area contributed by atoms with Crippen LogP contribution in [-0.2, 0) is 33.2 Å². The van der Waals surface area contributed by atoms with Crippen LogP contribution in [0.3, 0.4) is 0 Å². The van der Waals surface area contributed by atoms with E-state index in [0.29, 0.717) is 12.8 Å². The summed E-state index contributed by atoms with van der Waals surface area (Å²) in [4.78, 5) is 13.5. The lowest BCUT2D eigenvalue weighted by Gasteiger charge is -2.48. The molecule has 17 atom stereocenters. The summed E-state index contributed by atoms with van der Waals surface area (Å²) >= 11 is 0. The molecule has 3 rings (SSSR count). The van der Waals surface area contributed by atoms with Crippen LogP contribution in [-0.4, -0.2) is 193 Å². The predicted molar refractivity (Wildman–Crippen MR) is 361 cm³/mol. The summed E-state index contributed by atoms with van der Waals surface area (Å²) in [6.07, 6.45) is 34.7. The minimum absolute atomic E-state index is 0.234. The second kappa shape index (κ2) is 55.6. The summed E-state index contributed by atoms with van der Waals surface area (Å²) in [6.45, 7) is 1.86. The van der Waals surface area contributed by atoms with Gasteiger partial charge >= 0.3 is 0 Å². The van der Waals surface area contributed by atoms with Gasteiger partial charge in [-0.1, -0.05) is 309 Å². The number of aliphatic hydroxyl groups excluding tert-OH is 11. The van der Waals surface area contributed by atoms with E-state index in [4.69, 9.17) is 28.4 Å². The van der Waals surface area contributed by atoms with Gasteiger partial charge in [-0.15, -0.1) is 0 Å². The van der Waals surface area contributed by atoms with Crippen molar-refractivity contribution >= 4 is 5.91 Å². The zero-order valence-electron chi connectivity index (χ0n) is 58.1. The Labute approximate surface area is 557 Å². The van der Waals surface area contributed by atoms with Gasteiger partial charge in [0, 0.05) is 6.42 Å². The number of amides is 1. The highest BCUT2D eigenvalue weighted by molar-refractivity contribution is 5.76. The maximum Gasteiger partial charge on any atom is 0.220 e. The molecule has 0 saturated carbocycles. The Hall–Kier alpha value is -1.21. The first-order chi connectivity index (χ1) is 44.8. The highest BCUT2D eigenvalue weighted by Crippen LogP contribution is 2.33. The van der Waals surface area contributed by atoms with E-state index in [1.165, 1.54) is 250 Å². The number of hydrogen-bond donors (Lipinski definition) is 12. The summed E-state index contributed by atoms with van der Waals surface area (Å²) in [5.41, 5.74) is 0. The van der Waals surface area contributed by atoms with Gasteiger partial charge in [0.25, 0.3) is 0 Å². The maximum absolute atomic E-state index is 13.5. The molecule has 19 nitrogen and oxygen atoms in total. The van der Waals surface area contributed by atoms with Crippen LogP contribution in [0.2, 0.25) is 0 Å². The molecule has 0 radical (unpaired) electrons. The van der Waals surface area contributed by atoms with Crippen LogP contribution in [0.25, 0.3) is 0 Å². The molecule has 3 fully saturated rings. The molecule has 19 heteroatoms. The fourth-order valence-electron chi connectivity index (χ4n) is 13.5. The molecule has 0 aromatic carbocycles. The quantitative estimate of drug-likeness (QED) is 0.0252. The number of unbranched alkanes of at least 4 members (excludes halogenated alkanes) is 45. The first-order valence-corrected chi connectivity index (χ1v) is 38.3. The van der Waals surface area contributed by atoms with Crippen molar-refractivity contribution in [3.05, 3.63) is 0 Å². The van der Waals surface area contributed by atoms with Gasteiger partial charge in [-0.25, -0.2) is 0 Å². The lowest BCUT2D eigenvalue weighted by Crippen LogP contribution is -2.66. The van der Waals surface area contributed by atoms with E-state index in [1.807, 2.05) is 0 Å². The van der Waals surface area contributed by atoms with Crippen LogP contribution in [0.15, 0.2) is 0 Å². The van der Waals surface area contributed by atoms with Gasteiger partial charge in [0.05, 0.1) is 38.6 Å². The van der Waals surface area contributed by atoms with Crippen LogP contribution in [0, 0.1) is 0 Å². The van der Waals surface area contributed by atoms with Crippen molar-refractivity contribution in [2.45, 2.75) is 433 Å². The summed E-state index contributed by atoms with van der Waals surface area (Å²) in [6, 6.07) is -0.882. The van der Waals surface area contributed by atoms with Gasteiger partial charge in [-0.2, -0.15) is 0 Å². The SMILES string of the molecule is CCCCCCCCCCCCCCCCCCCCCCCCCCCCCCC(=O)NC(COC1OC(CO)C(OC2OC(CO)C(OC3OC(CO)C(O)C(O)C3O)C(O)C2O)C(O)C1O)C(O)CCCCCCCCCCCCCCCCCCCCC. The second-order valence-corrected chi connectivity index (χ2v) is 27.8. The lowest BCUT2D eigenvalue weighted by atomic mass is 9.96. The molecule has 0 aromatic heterocycles. The van der Waals surface area contributed by atoms with Gasteiger partial charge in [0.1, 0.15) is 73.2 Å². The average molecular weight is 1320 g/mol. The largest absolute Gasteiger partial charge is 0.394 e. The molecule has 0 spiro atoms. The van der Waals surface area contributed by atoms with Crippen molar-refractivity contribution in [3.8, 4) is 0 Å². The molecular formula is C73H141NO18. The first kappa shape index (κ1) is 85.0. The van der Waals surface area contributed by atoms with Gasteiger partial charge < -0.3 is 89.9 Å². The van der Waals surface area contributed by atoms with E-state index in [2.05, 4.69) is 19.2 Å². The third-order valence-corrected chi connectivity index (χ3v) is 19.7. The van der Waals surface area contributed by atoms with E-state index in [0.717, 1.165) is 44.9 Å². The molecule has 3 heterocycles. The molecule has 3 aliphatic rings. The summed E-state index contributed by atoms with van der Waals surface area (Å²) in [7, 11) is 0. The number of hydrogen-bond acceptors (Lipinski definition) is 18. The van der Waals surface area contributed by atoms with Gasteiger partial charge in [-0.3, -0.25) is 4.79 Å². The Balaban J connectivity index is 1.38. The molecule has 546 valence electrons. The van der Waals surface area contributed by atoms with E-state index in [9.17, 15) is 61.0 Å². The van der Waals surface area contributed by atoms with Crippen LogP contribution in [0.5, 0.6) is 0 Å². The van der Waals surface area contributed by atoms with Crippen LogP contribution >= 0.6 is 0 Å². The van der Waals surface area contributed by atoms with Crippen molar-refractivity contribution in [3.63, 3.8) is 0 Å². The minimum Gasteiger partial charge on any atom is -0.394 e. The molecule has 1 amide bonds. The normalized spacial score (nSPS) is 27.6. The highest BCUT2D eigenvalue weighted by Gasteiger charge is 2.53. The zero-order chi connectivity index (χ0) is 66.8.